The van der Waals surface area contributed by atoms with Crippen molar-refractivity contribution >= 4 is 10.1 Å². The molecule has 0 fully saturated rings. The lowest BCUT2D eigenvalue weighted by Crippen LogP contribution is -2.25. The first-order valence-electron chi connectivity index (χ1n) is 4.34. The van der Waals surface area contributed by atoms with Gasteiger partial charge in [0, 0.05) is 0 Å². The number of alkyl halides is 3. The summed E-state index contributed by atoms with van der Waals surface area (Å²) in [7, 11) is -5.62. The second-order valence-electron chi connectivity index (χ2n) is 3.23. The van der Waals surface area contributed by atoms with E-state index in [1.165, 1.54) is 6.92 Å². The molecular weight excluding hydrogens is 264 g/mol. The quantitative estimate of drug-likeness (QED) is 0.482. The Morgan fingerprint density at radius 1 is 1.29 bits per heavy atom. The predicted molar refractivity (Wildman–Crippen MR) is 50.9 cm³/mol. The van der Waals surface area contributed by atoms with E-state index in [2.05, 4.69) is 4.18 Å². The molecule has 17 heavy (non-hydrogen) atoms. The van der Waals surface area contributed by atoms with Gasteiger partial charge < -0.3 is 0 Å². The molecule has 0 saturated heterocycles. The maximum atomic E-state index is 12.7. The van der Waals surface area contributed by atoms with Crippen molar-refractivity contribution in [3.8, 4) is 0 Å². The molecule has 0 radical (unpaired) electrons. The van der Waals surface area contributed by atoms with E-state index in [1.54, 1.807) is 0 Å². The van der Waals surface area contributed by atoms with Crippen molar-refractivity contribution in [2.24, 2.45) is 0 Å². The van der Waals surface area contributed by atoms with Gasteiger partial charge in [0.15, 0.2) is 0 Å². The smallest absolute Gasteiger partial charge is 0.258 e. The molecule has 0 heterocycles. The monoisotopic (exact) mass is 272 g/mol. The van der Waals surface area contributed by atoms with Crippen molar-refractivity contribution in [1.82, 2.24) is 0 Å². The van der Waals surface area contributed by atoms with Crippen LogP contribution >= 0.6 is 0 Å². The molecule has 8 heteroatoms. The van der Waals surface area contributed by atoms with Crippen molar-refractivity contribution < 1.29 is 30.2 Å². The normalized spacial score (nSPS) is 12.8. The summed E-state index contributed by atoms with van der Waals surface area (Å²) in [5.74, 6) is -0.565. The molecule has 0 bridgehead atoms. The van der Waals surface area contributed by atoms with Crippen LogP contribution in [0.25, 0.3) is 0 Å². The lowest BCUT2D eigenvalue weighted by Gasteiger charge is -2.09. The minimum atomic E-state index is -5.62. The SMILES string of the molecule is Cc1cc(F)ccc1COS(=O)(=O)C(F)(F)F. The van der Waals surface area contributed by atoms with Crippen LogP contribution in [0, 0.1) is 12.7 Å². The van der Waals surface area contributed by atoms with E-state index >= 15 is 0 Å². The van der Waals surface area contributed by atoms with Crippen LogP contribution in [0.3, 0.4) is 0 Å². The van der Waals surface area contributed by atoms with E-state index in [9.17, 15) is 26.0 Å². The van der Waals surface area contributed by atoms with Gasteiger partial charge >= 0.3 is 15.6 Å². The Hall–Kier alpha value is -1.15. The minimum Gasteiger partial charge on any atom is -0.258 e. The van der Waals surface area contributed by atoms with E-state index in [1.807, 2.05) is 0 Å². The van der Waals surface area contributed by atoms with Crippen LogP contribution in [0.1, 0.15) is 11.1 Å². The molecule has 0 atom stereocenters. The Kier molecular flexibility index (Phi) is 3.78. The maximum absolute atomic E-state index is 12.7. The number of benzene rings is 1. The molecule has 0 unspecified atom stereocenters. The number of aryl methyl sites for hydroxylation is 1. The molecule has 1 rings (SSSR count). The molecule has 96 valence electrons. The Balaban J connectivity index is 2.82. The van der Waals surface area contributed by atoms with Gasteiger partial charge in [-0.25, -0.2) is 4.39 Å². The second kappa shape index (κ2) is 4.61. The van der Waals surface area contributed by atoms with Crippen molar-refractivity contribution in [1.29, 1.82) is 0 Å². The largest absolute Gasteiger partial charge is 0.523 e. The average Bonchev–Trinajstić information content (AvgIpc) is 2.14. The van der Waals surface area contributed by atoms with E-state index < -0.39 is 28.1 Å². The van der Waals surface area contributed by atoms with Crippen LogP contribution in [0.5, 0.6) is 0 Å². The van der Waals surface area contributed by atoms with E-state index in [-0.39, 0.29) is 5.56 Å². The minimum absolute atomic E-state index is 0.166. The highest BCUT2D eigenvalue weighted by Crippen LogP contribution is 2.25. The summed E-state index contributed by atoms with van der Waals surface area (Å²) in [6.07, 6.45) is 0. The summed E-state index contributed by atoms with van der Waals surface area (Å²) in [6.45, 7) is 0.649. The molecule has 0 spiro atoms. The molecule has 3 nitrogen and oxygen atoms in total. The van der Waals surface area contributed by atoms with Gasteiger partial charge in [-0.1, -0.05) is 6.07 Å². The van der Waals surface area contributed by atoms with Crippen molar-refractivity contribution in [3.63, 3.8) is 0 Å². The third-order valence-electron chi connectivity index (χ3n) is 1.96. The summed E-state index contributed by atoms with van der Waals surface area (Å²) in [4.78, 5) is 0. The molecule has 0 amide bonds. The van der Waals surface area contributed by atoms with E-state index in [0.29, 0.717) is 5.56 Å². The van der Waals surface area contributed by atoms with Crippen molar-refractivity contribution in [2.45, 2.75) is 19.0 Å². The fraction of sp³-hybridized carbons (Fsp3) is 0.333. The number of halogens is 4. The van der Waals surface area contributed by atoms with E-state index in [0.717, 1.165) is 18.2 Å². The summed E-state index contributed by atoms with van der Waals surface area (Å²) in [6, 6.07) is 3.24. The lowest BCUT2D eigenvalue weighted by molar-refractivity contribution is -0.0548. The highest BCUT2D eigenvalue weighted by Gasteiger charge is 2.47. The van der Waals surface area contributed by atoms with Crippen LogP contribution in [-0.2, 0) is 20.9 Å². The van der Waals surface area contributed by atoms with Crippen LogP contribution in [0.4, 0.5) is 17.6 Å². The van der Waals surface area contributed by atoms with Crippen LogP contribution < -0.4 is 0 Å². The molecule has 0 N–H and O–H groups in total. The van der Waals surface area contributed by atoms with Crippen molar-refractivity contribution in [2.75, 3.05) is 0 Å². The number of hydrogen-bond donors (Lipinski definition) is 0. The molecule has 0 aromatic heterocycles. The molecule has 0 aliphatic carbocycles. The highest BCUT2D eigenvalue weighted by molar-refractivity contribution is 7.87. The van der Waals surface area contributed by atoms with Crippen LogP contribution in [0.2, 0.25) is 0 Å². The Morgan fingerprint density at radius 3 is 2.35 bits per heavy atom. The Morgan fingerprint density at radius 2 is 1.88 bits per heavy atom. The van der Waals surface area contributed by atoms with Crippen molar-refractivity contribution in [3.05, 3.63) is 35.1 Å². The summed E-state index contributed by atoms with van der Waals surface area (Å²) < 4.78 is 73.4. The topological polar surface area (TPSA) is 43.4 Å². The molecule has 0 aliphatic heterocycles. The first-order chi connectivity index (χ1) is 7.63. The molecule has 0 saturated carbocycles. The Labute approximate surface area is 95.1 Å². The molecule has 1 aromatic carbocycles. The third-order valence-corrected chi connectivity index (χ3v) is 2.95. The van der Waals surface area contributed by atoms with Gasteiger partial charge in [0.05, 0.1) is 6.61 Å². The summed E-state index contributed by atoms with van der Waals surface area (Å²) in [5, 5.41) is 0. The van der Waals surface area contributed by atoms with Gasteiger partial charge in [-0.2, -0.15) is 21.6 Å². The van der Waals surface area contributed by atoms with Gasteiger partial charge in [0.25, 0.3) is 0 Å². The van der Waals surface area contributed by atoms with Crippen LogP contribution in [0.15, 0.2) is 18.2 Å². The van der Waals surface area contributed by atoms with E-state index in [4.69, 9.17) is 0 Å². The zero-order valence-corrected chi connectivity index (χ0v) is 9.40. The lowest BCUT2D eigenvalue weighted by atomic mass is 10.1. The number of hydrogen-bond acceptors (Lipinski definition) is 3. The standard InChI is InChI=1S/C9H8F4O3S/c1-6-4-8(10)3-2-7(6)5-16-17(14,15)9(11,12)13/h2-4H,5H2,1H3. The zero-order valence-electron chi connectivity index (χ0n) is 8.58. The van der Waals surface area contributed by atoms with Gasteiger partial charge in [-0.15, -0.1) is 0 Å². The van der Waals surface area contributed by atoms with Gasteiger partial charge in [-0.05, 0) is 30.2 Å². The van der Waals surface area contributed by atoms with Crippen LogP contribution in [-0.4, -0.2) is 13.9 Å². The maximum Gasteiger partial charge on any atom is 0.523 e. The zero-order chi connectivity index (χ0) is 13.3. The molecule has 0 aliphatic rings. The molecule has 1 aromatic rings. The van der Waals surface area contributed by atoms with Gasteiger partial charge in [-0.3, -0.25) is 4.18 Å². The van der Waals surface area contributed by atoms with Gasteiger partial charge in [0.2, 0.25) is 0 Å². The highest BCUT2D eigenvalue weighted by atomic mass is 32.2. The second-order valence-corrected chi connectivity index (χ2v) is 4.84. The fourth-order valence-electron chi connectivity index (χ4n) is 1.03. The predicted octanol–water partition coefficient (Wildman–Crippen LogP) is 2.50. The van der Waals surface area contributed by atoms with Gasteiger partial charge in [0.1, 0.15) is 5.82 Å². The average molecular weight is 272 g/mol. The Bertz CT molecular complexity index is 507. The third kappa shape index (κ3) is 3.40. The first-order valence-corrected chi connectivity index (χ1v) is 5.75. The summed E-state index contributed by atoms with van der Waals surface area (Å²) in [5.41, 5.74) is -4.98. The fourth-order valence-corrected chi connectivity index (χ4v) is 1.44. The molecular formula is C9H8F4O3S. The first kappa shape index (κ1) is 13.9. The summed E-state index contributed by atoms with van der Waals surface area (Å²) >= 11 is 0. The number of rotatable bonds is 3.